The molecule has 0 fully saturated rings. The molecule has 0 aliphatic carbocycles. The van der Waals surface area contributed by atoms with Crippen molar-refractivity contribution < 1.29 is 24.5 Å². The molecule has 0 saturated carbocycles. The highest BCUT2D eigenvalue weighted by atomic mass is 35.5. The molecule has 31 heavy (non-hydrogen) atoms. The van der Waals surface area contributed by atoms with E-state index in [1.807, 2.05) is 19.9 Å². The number of benzene rings is 2. The number of aromatic hydroxyl groups is 1. The number of phenolic OH excluding ortho intramolecular Hbond substituents is 1. The minimum atomic E-state index is -0.888. The van der Waals surface area contributed by atoms with Gasteiger partial charge in [-0.3, -0.25) is 9.59 Å². The van der Waals surface area contributed by atoms with Crippen molar-refractivity contribution in [2.24, 2.45) is 0 Å². The summed E-state index contributed by atoms with van der Waals surface area (Å²) in [5, 5.41) is 20.1. The summed E-state index contributed by atoms with van der Waals surface area (Å²) >= 11 is 6.28. The fourth-order valence-corrected chi connectivity index (χ4v) is 3.76. The number of carboxylic acid groups (broad SMARTS) is 1. The smallest absolute Gasteiger partial charge is 0.307 e. The summed E-state index contributed by atoms with van der Waals surface area (Å²) in [6.45, 7) is 4.49. The normalized spacial score (nSPS) is 10.8. The zero-order chi connectivity index (χ0) is 22.8. The van der Waals surface area contributed by atoms with Gasteiger partial charge in [0.1, 0.15) is 11.5 Å². The Balaban J connectivity index is 2.00. The van der Waals surface area contributed by atoms with Crippen LogP contribution in [-0.2, 0) is 24.1 Å². The van der Waals surface area contributed by atoms with Crippen LogP contribution in [-0.4, -0.2) is 28.6 Å². The van der Waals surface area contributed by atoms with Gasteiger partial charge in [-0.05, 0) is 55.0 Å². The molecule has 0 saturated heterocycles. The number of halogens is 1. The summed E-state index contributed by atoms with van der Waals surface area (Å²) in [4.78, 5) is 23.2. The van der Waals surface area contributed by atoms with E-state index < -0.39 is 5.97 Å². The van der Waals surface area contributed by atoms with Gasteiger partial charge in [-0.2, -0.15) is 0 Å². The highest BCUT2D eigenvalue weighted by Gasteiger charge is 2.18. The Morgan fingerprint density at radius 1 is 1.03 bits per heavy atom. The molecule has 0 spiro atoms. The van der Waals surface area contributed by atoms with Gasteiger partial charge in [0.2, 0.25) is 0 Å². The molecule has 6 heteroatoms. The molecule has 0 radical (unpaired) electrons. The largest absolute Gasteiger partial charge is 0.507 e. The summed E-state index contributed by atoms with van der Waals surface area (Å²) in [5.41, 5.74) is 2.66. The van der Waals surface area contributed by atoms with Crippen LogP contribution in [0.3, 0.4) is 0 Å². The number of Topliss-reactive ketones (excluding diaryl/α,β-unsaturated/α-hetero) is 1. The van der Waals surface area contributed by atoms with Crippen LogP contribution in [0.5, 0.6) is 11.5 Å². The quantitative estimate of drug-likeness (QED) is 0.291. The van der Waals surface area contributed by atoms with E-state index in [-0.39, 0.29) is 18.0 Å². The molecule has 0 bridgehead atoms. The van der Waals surface area contributed by atoms with Gasteiger partial charge >= 0.3 is 5.97 Å². The lowest BCUT2D eigenvalue weighted by Crippen LogP contribution is -2.06. The Morgan fingerprint density at radius 2 is 1.81 bits per heavy atom. The Labute approximate surface area is 189 Å². The molecule has 2 rings (SSSR count). The lowest BCUT2D eigenvalue weighted by atomic mass is 9.98. The summed E-state index contributed by atoms with van der Waals surface area (Å²) in [7, 11) is 0. The topological polar surface area (TPSA) is 83.8 Å². The molecule has 0 aliphatic rings. The summed E-state index contributed by atoms with van der Waals surface area (Å²) in [6.07, 6.45) is 4.98. The second-order valence-electron chi connectivity index (χ2n) is 7.66. The van der Waals surface area contributed by atoms with E-state index in [0.717, 1.165) is 24.8 Å². The predicted molar refractivity (Wildman–Crippen MR) is 123 cm³/mol. The number of rotatable bonds is 13. The predicted octanol–water partition coefficient (Wildman–Crippen LogP) is 6.01. The monoisotopic (exact) mass is 446 g/mol. The van der Waals surface area contributed by atoms with Crippen LogP contribution in [0, 0.1) is 0 Å². The molecule has 0 heterocycles. The third-order valence-electron chi connectivity index (χ3n) is 5.12. The number of carbonyl (C=O) groups excluding carboxylic acids is 1. The van der Waals surface area contributed by atoms with E-state index >= 15 is 0 Å². The van der Waals surface area contributed by atoms with Crippen molar-refractivity contribution >= 4 is 23.4 Å². The number of phenols is 1. The third-order valence-corrected chi connectivity index (χ3v) is 5.47. The Bertz CT molecular complexity index is 907. The maximum absolute atomic E-state index is 12.4. The fraction of sp³-hybridized carbons (Fsp3) is 0.440. The first-order valence-electron chi connectivity index (χ1n) is 10.9. The second kappa shape index (κ2) is 12.4. The van der Waals surface area contributed by atoms with Crippen LogP contribution in [0.25, 0.3) is 0 Å². The zero-order valence-electron chi connectivity index (χ0n) is 18.2. The molecular formula is C25H31ClO5. The summed E-state index contributed by atoms with van der Waals surface area (Å²) < 4.78 is 5.93. The number of aryl methyl sites for hydroxylation is 1. The third kappa shape index (κ3) is 7.28. The Hall–Kier alpha value is -2.53. The molecule has 168 valence electrons. The van der Waals surface area contributed by atoms with Crippen LogP contribution >= 0.6 is 11.6 Å². The van der Waals surface area contributed by atoms with Crippen molar-refractivity contribution in [3.8, 4) is 11.5 Å². The second-order valence-corrected chi connectivity index (χ2v) is 8.07. The van der Waals surface area contributed by atoms with Crippen LogP contribution in [0.15, 0.2) is 30.3 Å². The molecule has 2 aromatic rings. The number of carboxylic acids is 1. The highest BCUT2D eigenvalue weighted by molar-refractivity contribution is 6.31. The molecule has 0 amide bonds. The molecular weight excluding hydrogens is 416 g/mol. The van der Waals surface area contributed by atoms with E-state index in [4.69, 9.17) is 21.4 Å². The van der Waals surface area contributed by atoms with Gasteiger partial charge in [-0.15, -0.1) is 0 Å². The maximum Gasteiger partial charge on any atom is 0.307 e. The number of hydrogen-bond acceptors (Lipinski definition) is 4. The van der Waals surface area contributed by atoms with Crippen LogP contribution < -0.4 is 4.74 Å². The number of carbonyl (C=O) groups is 2. The first-order valence-corrected chi connectivity index (χ1v) is 11.2. The summed E-state index contributed by atoms with van der Waals surface area (Å²) in [6, 6.07) is 8.75. The zero-order valence-corrected chi connectivity index (χ0v) is 19.0. The molecule has 2 N–H and O–H groups in total. The lowest BCUT2D eigenvalue weighted by molar-refractivity contribution is -0.136. The first-order chi connectivity index (χ1) is 14.9. The number of ketones is 1. The van der Waals surface area contributed by atoms with Gasteiger partial charge in [-0.25, -0.2) is 0 Å². The van der Waals surface area contributed by atoms with Crippen molar-refractivity contribution in [3.05, 3.63) is 57.6 Å². The van der Waals surface area contributed by atoms with E-state index in [2.05, 4.69) is 0 Å². The average molecular weight is 447 g/mol. The van der Waals surface area contributed by atoms with Gasteiger partial charge in [-0.1, -0.05) is 50.4 Å². The first kappa shape index (κ1) is 24.7. The average Bonchev–Trinajstić information content (AvgIpc) is 2.72. The minimum absolute atomic E-state index is 0.0377. The van der Waals surface area contributed by atoms with E-state index in [0.29, 0.717) is 59.8 Å². The van der Waals surface area contributed by atoms with E-state index in [9.17, 15) is 14.7 Å². The van der Waals surface area contributed by atoms with Gasteiger partial charge in [0.25, 0.3) is 0 Å². The van der Waals surface area contributed by atoms with Gasteiger partial charge < -0.3 is 14.9 Å². The lowest BCUT2D eigenvalue weighted by Gasteiger charge is -2.15. The minimum Gasteiger partial charge on any atom is -0.507 e. The van der Waals surface area contributed by atoms with Crippen molar-refractivity contribution in [2.45, 2.75) is 65.2 Å². The van der Waals surface area contributed by atoms with Crippen LogP contribution in [0.2, 0.25) is 5.02 Å². The van der Waals surface area contributed by atoms with Crippen LogP contribution in [0.1, 0.15) is 73.0 Å². The Kier molecular flexibility index (Phi) is 9.86. The number of unbranched alkanes of at least 4 members (excludes halogenated alkanes) is 1. The molecule has 5 nitrogen and oxygen atoms in total. The summed E-state index contributed by atoms with van der Waals surface area (Å²) in [5.74, 6) is -0.280. The van der Waals surface area contributed by atoms with Crippen molar-refractivity contribution in [1.29, 1.82) is 0 Å². The molecule has 0 atom stereocenters. The highest BCUT2D eigenvalue weighted by Crippen LogP contribution is 2.34. The van der Waals surface area contributed by atoms with Gasteiger partial charge in [0, 0.05) is 17.0 Å². The molecule has 2 aromatic carbocycles. The Morgan fingerprint density at radius 3 is 2.45 bits per heavy atom. The maximum atomic E-state index is 12.4. The molecule has 0 unspecified atom stereocenters. The number of aliphatic carboxylic acids is 1. The van der Waals surface area contributed by atoms with Gasteiger partial charge in [0.15, 0.2) is 5.78 Å². The number of ether oxygens (including phenoxy) is 1. The van der Waals surface area contributed by atoms with Crippen molar-refractivity contribution in [1.82, 2.24) is 0 Å². The molecule has 0 aliphatic heterocycles. The van der Waals surface area contributed by atoms with Crippen molar-refractivity contribution in [3.63, 3.8) is 0 Å². The van der Waals surface area contributed by atoms with E-state index in [1.165, 1.54) is 0 Å². The van der Waals surface area contributed by atoms with Crippen molar-refractivity contribution in [2.75, 3.05) is 6.61 Å². The van der Waals surface area contributed by atoms with Gasteiger partial charge in [0.05, 0.1) is 18.6 Å². The fourth-order valence-electron chi connectivity index (χ4n) is 3.46. The standard InChI is InChI=1S/C25H31ClO5/c1-3-5-9-22(27)19-12-13-23(20(7-4-2)25(19)30)31-14-6-8-18-11-10-17(15-21(18)26)16-24(28)29/h10-13,15,30H,3-9,14,16H2,1-2H3,(H,28,29). The number of hydrogen-bond donors (Lipinski definition) is 2. The SMILES string of the molecule is CCCCC(=O)c1ccc(OCCCc2ccc(CC(=O)O)cc2Cl)c(CCC)c1O. The molecule has 0 aromatic heterocycles. The van der Waals surface area contributed by atoms with Crippen LogP contribution in [0.4, 0.5) is 0 Å². The van der Waals surface area contributed by atoms with E-state index in [1.54, 1.807) is 24.3 Å².